The first-order valence-electron chi connectivity index (χ1n) is 13.1. The molecule has 0 saturated carbocycles. The Hall–Kier alpha value is -4.42. The molecule has 1 atom stereocenters. The highest BCUT2D eigenvalue weighted by molar-refractivity contribution is 8.00. The molecule has 1 N–H and O–H groups in total. The van der Waals surface area contributed by atoms with Gasteiger partial charge in [-0.05, 0) is 60.5 Å². The number of ether oxygens (including phenoxy) is 3. The number of anilines is 1. The van der Waals surface area contributed by atoms with E-state index in [1.165, 1.54) is 28.8 Å². The predicted octanol–water partition coefficient (Wildman–Crippen LogP) is 5.77. The van der Waals surface area contributed by atoms with Crippen molar-refractivity contribution in [2.75, 3.05) is 24.7 Å². The van der Waals surface area contributed by atoms with Gasteiger partial charge in [-0.1, -0.05) is 47.4 Å². The standard InChI is InChI=1S/C30H24FN3O6S2/c1-2-38-21-5-3-4-18(14-21)25-24(26(35)19-8-11-22-23(15-19)40-13-12-39-22)27(36)28(37)34(25)29-32-33-30(42-29)41-16-17-6-9-20(31)10-7-17/h3-11,14-15,25,35H,2,12-13,16H2,1H3/b26-24+. The molecule has 3 aromatic carbocycles. The van der Waals surface area contributed by atoms with Crippen molar-refractivity contribution in [1.82, 2.24) is 10.2 Å². The minimum Gasteiger partial charge on any atom is -0.507 e. The van der Waals surface area contributed by atoms with Crippen LogP contribution in [0.15, 0.2) is 76.6 Å². The van der Waals surface area contributed by atoms with Crippen LogP contribution in [0.1, 0.15) is 29.7 Å². The van der Waals surface area contributed by atoms with Crippen LogP contribution in [-0.2, 0) is 15.3 Å². The van der Waals surface area contributed by atoms with Crippen LogP contribution in [0.5, 0.6) is 17.2 Å². The Labute approximate surface area is 248 Å². The molecule has 0 spiro atoms. The third kappa shape index (κ3) is 5.42. The fraction of sp³-hybridized carbons (Fsp3) is 0.200. The van der Waals surface area contributed by atoms with Gasteiger partial charge >= 0.3 is 5.91 Å². The van der Waals surface area contributed by atoms with E-state index in [4.69, 9.17) is 14.2 Å². The van der Waals surface area contributed by atoms with E-state index < -0.39 is 17.7 Å². The minimum atomic E-state index is -0.999. The molecule has 2 aliphatic heterocycles. The average molecular weight is 606 g/mol. The van der Waals surface area contributed by atoms with E-state index in [9.17, 15) is 19.1 Å². The number of amides is 1. The molecular formula is C30H24FN3O6S2. The summed E-state index contributed by atoms with van der Waals surface area (Å²) >= 11 is 2.52. The van der Waals surface area contributed by atoms with Crippen LogP contribution in [0.2, 0.25) is 0 Å². The summed E-state index contributed by atoms with van der Waals surface area (Å²) in [7, 11) is 0. The Morgan fingerprint density at radius 1 is 1.07 bits per heavy atom. The maximum absolute atomic E-state index is 13.6. The molecular weight excluding hydrogens is 581 g/mol. The lowest BCUT2D eigenvalue weighted by atomic mass is 9.95. The smallest absolute Gasteiger partial charge is 0.301 e. The summed E-state index contributed by atoms with van der Waals surface area (Å²) in [5.41, 5.74) is 1.65. The van der Waals surface area contributed by atoms with Crippen LogP contribution < -0.4 is 19.1 Å². The first kappa shape index (κ1) is 27.7. The third-order valence-electron chi connectivity index (χ3n) is 6.62. The van der Waals surface area contributed by atoms with Gasteiger partial charge in [-0.25, -0.2) is 4.39 Å². The van der Waals surface area contributed by atoms with Gasteiger partial charge in [0.2, 0.25) is 5.13 Å². The second kappa shape index (κ2) is 11.8. The SMILES string of the molecule is CCOc1cccc(C2/C(=C(\O)c3ccc4c(c3)OCCO4)C(=O)C(=O)N2c2nnc(SCc3ccc(F)cc3)s2)c1. The van der Waals surface area contributed by atoms with Gasteiger partial charge in [-0.15, -0.1) is 10.2 Å². The largest absolute Gasteiger partial charge is 0.507 e. The summed E-state index contributed by atoms with van der Waals surface area (Å²) in [6.07, 6.45) is 0. The number of hydrogen-bond donors (Lipinski definition) is 1. The van der Waals surface area contributed by atoms with Gasteiger partial charge in [0.1, 0.15) is 30.5 Å². The number of Topliss-reactive ketones (excluding diaryl/α,β-unsaturated/α-hetero) is 1. The summed E-state index contributed by atoms with van der Waals surface area (Å²) in [6.45, 7) is 3.04. The molecule has 0 radical (unpaired) electrons. The van der Waals surface area contributed by atoms with Crippen molar-refractivity contribution in [2.45, 2.75) is 23.1 Å². The van der Waals surface area contributed by atoms with Crippen LogP contribution in [0.25, 0.3) is 5.76 Å². The average Bonchev–Trinajstić information content (AvgIpc) is 3.58. The summed E-state index contributed by atoms with van der Waals surface area (Å²) in [5, 5.41) is 20.2. The molecule has 1 aromatic heterocycles. The summed E-state index contributed by atoms with van der Waals surface area (Å²) in [5.74, 6) is -0.348. The van der Waals surface area contributed by atoms with Gasteiger partial charge in [0, 0.05) is 11.3 Å². The van der Waals surface area contributed by atoms with Crippen molar-refractivity contribution >= 4 is 45.7 Å². The summed E-state index contributed by atoms with van der Waals surface area (Å²) < 4.78 is 30.8. The molecule has 0 aliphatic carbocycles. The van der Waals surface area contributed by atoms with Gasteiger partial charge in [0.15, 0.2) is 15.8 Å². The Morgan fingerprint density at radius 3 is 2.64 bits per heavy atom. The zero-order valence-corrected chi connectivity index (χ0v) is 23.9. The molecule has 42 heavy (non-hydrogen) atoms. The number of rotatable bonds is 8. The van der Waals surface area contributed by atoms with E-state index >= 15 is 0 Å². The summed E-state index contributed by atoms with van der Waals surface area (Å²) in [4.78, 5) is 28.4. The molecule has 0 bridgehead atoms. The maximum Gasteiger partial charge on any atom is 0.301 e. The molecule has 1 unspecified atom stereocenters. The molecule has 9 nitrogen and oxygen atoms in total. The maximum atomic E-state index is 13.6. The lowest BCUT2D eigenvalue weighted by Gasteiger charge is -2.23. The zero-order valence-electron chi connectivity index (χ0n) is 22.3. The number of hydrogen-bond acceptors (Lipinski definition) is 10. The number of benzene rings is 3. The van der Waals surface area contributed by atoms with Crippen molar-refractivity contribution in [3.05, 3.63) is 94.8 Å². The van der Waals surface area contributed by atoms with Crippen molar-refractivity contribution < 1.29 is 33.3 Å². The van der Waals surface area contributed by atoms with Gasteiger partial charge in [-0.3, -0.25) is 14.5 Å². The third-order valence-corrected chi connectivity index (χ3v) is 8.75. The second-order valence-corrected chi connectivity index (χ2v) is 11.5. The second-order valence-electron chi connectivity index (χ2n) is 9.30. The fourth-order valence-corrected chi connectivity index (χ4v) is 6.54. The van der Waals surface area contributed by atoms with Crippen LogP contribution in [0, 0.1) is 5.82 Å². The summed E-state index contributed by atoms with van der Waals surface area (Å²) in [6, 6.07) is 17.0. The Bertz CT molecular complexity index is 1690. The predicted molar refractivity (Wildman–Crippen MR) is 156 cm³/mol. The number of halogens is 1. The van der Waals surface area contributed by atoms with Gasteiger partial charge in [0.05, 0.1) is 18.2 Å². The van der Waals surface area contributed by atoms with E-state index in [0.717, 1.165) is 16.9 Å². The fourth-order valence-electron chi connectivity index (χ4n) is 4.72. The Morgan fingerprint density at radius 2 is 1.86 bits per heavy atom. The van der Waals surface area contributed by atoms with Crippen LogP contribution in [0.3, 0.4) is 0 Å². The molecule has 2 aliphatic rings. The minimum absolute atomic E-state index is 0.0963. The lowest BCUT2D eigenvalue weighted by Crippen LogP contribution is -2.29. The topological polar surface area (TPSA) is 111 Å². The van der Waals surface area contributed by atoms with Crippen LogP contribution >= 0.6 is 23.1 Å². The van der Waals surface area contributed by atoms with Crippen molar-refractivity contribution in [1.29, 1.82) is 0 Å². The zero-order chi connectivity index (χ0) is 29.2. The molecule has 214 valence electrons. The molecule has 3 heterocycles. The highest BCUT2D eigenvalue weighted by Gasteiger charge is 2.48. The van der Waals surface area contributed by atoms with Crippen LogP contribution in [-0.4, -0.2) is 46.8 Å². The first-order valence-corrected chi connectivity index (χ1v) is 14.9. The van der Waals surface area contributed by atoms with Gasteiger partial charge < -0.3 is 19.3 Å². The number of fused-ring (bicyclic) bond motifs is 1. The lowest BCUT2D eigenvalue weighted by molar-refractivity contribution is -0.132. The number of aliphatic hydroxyl groups excluding tert-OH is 1. The number of carbonyl (C=O) groups excluding carboxylic acids is 2. The van der Waals surface area contributed by atoms with Crippen molar-refractivity contribution in [3.63, 3.8) is 0 Å². The number of ketones is 1. The quantitative estimate of drug-likeness (QED) is 0.0880. The molecule has 12 heteroatoms. The Kier molecular flexibility index (Phi) is 7.81. The van der Waals surface area contributed by atoms with E-state index in [2.05, 4.69) is 10.2 Å². The normalized spacial score (nSPS) is 17.5. The Balaban J connectivity index is 1.39. The molecule has 4 aromatic rings. The first-order chi connectivity index (χ1) is 20.4. The van der Waals surface area contributed by atoms with Gasteiger partial charge in [0.25, 0.3) is 5.78 Å². The van der Waals surface area contributed by atoms with Crippen molar-refractivity contribution in [3.8, 4) is 17.2 Å². The van der Waals surface area contributed by atoms with E-state index in [-0.39, 0.29) is 22.3 Å². The van der Waals surface area contributed by atoms with E-state index in [0.29, 0.717) is 58.3 Å². The highest BCUT2D eigenvalue weighted by Crippen LogP contribution is 2.45. The number of aliphatic hydroxyl groups is 1. The monoisotopic (exact) mass is 605 g/mol. The van der Waals surface area contributed by atoms with Crippen molar-refractivity contribution in [2.24, 2.45) is 0 Å². The van der Waals surface area contributed by atoms with Crippen LogP contribution in [0.4, 0.5) is 9.52 Å². The molecule has 1 saturated heterocycles. The van der Waals surface area contributed by atoms with E-state index in [1.54, 1.807) is 54.6 Å². The molecule has 6 rings (SSSR count). The molecule has 1 amide bonds. The molecule has 1 fully saturated rings. The number of aromatic nitrogens is 2. The van der Waals surface area contributed by atoms with E-state index in [1.807, 2.05) is 6.92 Å². The number of carbonyl (C=O) groups is 2. The van der Waals surface area contributed by atoms with Gasteiger partial charge in [-0.2, -0.15) is 0 Å². The number of nitrogens with zero attached hydrogens (tertiary/aromatic N) is 3. The highest BCUT2D eigenvalue weighted by atomic mass is 32.2. The number of thioether (sulfide) groups is 1.